The molecule has 2 fully saturated rings. The van der Waals surface area contributed by atoms with Gasteiger partial charge in [-0.05, 0) is 33.2 Å². The Morgan fingerprint density at radius 3 is 1.86 bits per heavy atom. The minimum atomic E-state index is -2.41. The van der Waals surface area contributed by atoms with Gasteiger partial charge in [-0.25, -0.2) is 8.78 Å². The van der Waals surface area contributed by atoms with Gasteiger partial charge in [-0.3, -0.25) is 0 Å². The smallest absolute Gasteiger partial charge is 0.250 e. The van der Waals surface area contributed by atoms with Crippen molar-refractivity contribution in [1.82, 2.24) is 9.80 Å². The molecule has 2 saturated heterocycles. The van der Waals surface area contributed by atoms with E-state index in [9.17, 15) is 8.78 Å². The molecule has 2 aliphatic heterocycles. The molecule has 4 heteroatoms. The SMILES string of the molecule is CC.CC.CC1CC(CN2CCC(F)(F)CC2)[C@@H](C)N1C. The van der Waals surface area contributed by atoms with Crippen molar-refractivity contribution in [3.8, 4) is 0 Å². The Bertz CT molecular complexity index is 262. The number of hydrogen-bond donors (Lipinski definition) is 0. The first kappa shape index (κ1) is 20.8. The van der Waals surface area contributed by atoms with E-state index in [-0.39, 0.29) is 12.8 Å². The summed E-state index contributed by atoms with van der Waals surface area (Å²) in [5.74, 6) is -1.77. The van der Waals surface area contributed by atoms with Crippen LogP contribution >= 0.6 is 0 Å². The van der Waals surface area contributed by atoms with Crippen molar-refractivity contribution in [2.24, 2.45) is 5.92 Å². The molecule has 2 aliphatic rings. The predicted molar refractivity (Wildman–Crippen MR) is 88.1 cm³/mol. The molecular weight excluding hydrogens is 270 g/mol. The van der Waals surface area contributed by atoms with E-state index in [2.05, 4.69) is 30.7 Å². The topological polar surface area (TPSA) is 6.48 Å². The lowest BCUT2D eigenvalue weighted by molar-refractivity contribution is -0.0577. The van der Waals surface area contributed by atoms with E-state index in [1.807, 2.05) is 27.7 Å². The molecular formula is C17H36F2N2. The van der Waals surface area contributed by atoms with Crippen LogP contribution in [0.5, 0.6) is 0 Å². The quantitative estimate of drug-likeness (QED) is 0.741. The van der Waals surface area contributed by atoms with Gasteiger partial charge in [-0.1, -0.05) is 27.7 Å². The third-order valence-electron chi connectivity index (χ3n) is 4.74. The third-order valence-corrected chi connectivity index (χ3v) is 4.74. The molecule has 0 radical (unpaired) electrons. The maximum Gasteiger partial charge on any atom is 0.250 e. The summed E-state index contributed by atoms with van der Waals surface area (Å²) in [6.07, 6.45) is 1.28. The van der Waals surface area contributed by atoms with E-state index in [0.29, 0.717) is 31.1 Å². The molecule has 0 aromatic heterocycles. The van der Waals surface area contributed by atoms with Crippen molar-refractivity contribution >= 4 is 0 Å². The molecule has 2 nitrogen and oxygen atoms in total. The summed E-state index contributed by atoms with van der Waals surface area (Å²) in [4.78, 5) is 4.63. The second-order valence-corrected chi connectivity index (χ2v) is 5.91. The molecule has 0 spiro atoms. The van der Waals surface area contributed by atoms with Crippen LogP contribution in [-0.2, 0) is 0 Å². The highest BCUT2D eigenvalue weighted by Crippen LogP contribution is 2.32. The molecule has 0 aromatic rings. The Morgan fingerprint density at radius 1 is 1.00 bits per heavy atom. The first-order valence-corrected chi connectivity index (χ1v) is 8.71. The summed E-state index contributed by atoms with van der Waals surface area (Å²) in [7, 11) is 2.17. The maximum atomic E-state index is 13.1. The molecule has 0 N–H and O–H groups in total. The molecule has 0 amide bonds. The number of piperidine rings is 1. The second-order valence-electron chi connectivity index (χ2n) is 5.91. The normalized spacial score (nSPS) is 32.7. The third kappa shape index (κ3) is 6.19. The Hall–Kier alpha value is -0.220. The zero-order valence-electron chi connectivity index (χ0n) is 15.1. The molecule has 3 atom stereocenters. The van der Waals surface area contributed by atoms with Crippen LogP contribution in [0.15, 0.2) is 0 Å². The van der Waals surface area contributed by atoms with Crippen LogP contribution in [0.3, 0.4) is 0 Å². The van der Waals surface area contributed by atoms with Crippen LogP contribution in [-0.4, -0.2) is 54.5 Å². The fraction of sp³-hybridized carbons (Fsp3) is 1.00. The molecule has 128 valence electrons. The Labute approximate surface area is 130 Å². The van der Waals surface area contributed by atoms with Crippen LogP contribution < -0.4 is 0 Å². The zero-order valence-corrected chi connectivity index (χ0v) is 15.1. The van der Waals surface area contributed by atoms with Crippen LogP contribution in [0, 0.1) is 5.92 Å². The minimum Gasteiger partial charge on any atom is -0.303 e. The first-order chi connectivity index (χ1) is 9.89. The fourth-order valence-electron chi connectivity index (χ4n) is 3.16. The largest absolute Gasteiger partial charge is 0.303 e. The number of alkyl halides is 2. The number of likely N-dealkylation sites (tertiary alicyclic amines) is 2. The van der Waals surface area contributed by atoms with Crippen molar-refractivity contribution < 1.29 is 8.78 Å². The number of nitrogens with zero attached hydrogens (tertiary/aromatic N) is 2. The molecule has 2 rings (SSSR count). The highest BCUT2D eigenvalue weighted by molar-refractivity contribution is 4.90. The van der Waals surface area contributed by atoms with Gasteiger partial charge < -0.3 is 9.80 Å². The predicted octanol–water partition coefficient (Wildman–Crippen LogP) is 4.50. The minimum absolute atomic E-state index is 0.0412. The summed E-state index contributed by atoms with van der Waals surface area (Å²) >= 11 is 0. The number of halogens is 2. The summed E-state index contributed by atoms with van der Waals surface area (Å²) in [5, 5.41) is 0. The van der Waals surface area contributed by atoms with Crippen molar-refractivity contribution in [1.29, 1.82) is 0 Å². The van der Waals surface area contributed by atoms with Gasteiger partial charge >= 0.3 is 0 Å². The van der Waals surface area contributed by atoms with Crippen molar-refractivity contribution in [3.05, 3.63) is 0 Å². The Morgan fingerprint density at radius 2 is 1.48 bits per heavy atom. The monoisotopic (exact) mass is 306 g/mol. The number of hydrogen-bond acceptors (Lipinski definition) is 2. The van der Waals surface area contributed by atoms with Gasteiger partial charge in [0.1, 0.15) is 0 Å². The van der Waals surface area contributed by atoms with E-state index in [1.54, 1.807) is 0 Å². The van der Waals surface area contributed by atoms with Crippen LogP contribution in [0.4, 0.5) is 8.78 Å². The van der Waals surface area contributed by atoms with Gasteiger partial charge in [-0.15, -0.1) is 0 Å². The summed E-state index contributed by atoms with van der Waals surface area (Å²) in [6.45, 7) is 14.6. The first-order valence-electron chi connectivity index (χ1n) is 8.71. The molecule has 0 saturated carbocycles. The molecule has 0 bridgehead atoms. The molecule has 2 unspecified atom stereocenters. The molecule has 2 heterocycles. The molecule has 0 aromatic carbocycles. The Kier molecular flexibility index (Phi) is 9.63. The van der Waals surface area contributed by atoms with Crippen LogP contribution in [0.25, 0.3) is 0 Å². The van der Waals surface area contributed by atoms with E-state index in [4.69, 9.17) is 0 Å². The van der Waals surface area contributed by atoms with Crippen molar-refractivity contribution in [3.63, 3.8) is 0 Å². The molecule has 21 heavy (non-hydrogen) atoms. The zero-order chi connectivity index (χ0) is 16.6. The lowest BCUT2D eigenvalue weighted by atomic mass is 9.98. The van der Waals surface area contributed by atoms with Crippen molar-refractivity contribution in [2.75, 3.05) is 26.7 Å². The number of rotatable bonds is 2. The van der Waals surface area contributed by atoms with Gasteiger partial charge in [-0.2, -0.15) is 0 Å². The standard InChI is InChI=1S/C13H24F2N2.2C2H6/c1-10-8-12(11(2)16(10)3)9-17-6-4-13(14,15)5-7-17;2*1-2/h10-12H,4-9H2,1-3H3;2*1-2H3/t10?,11-,12?;;/m1../s1. The lowest BCUT2D eigenvalue weighted by Gasteiger charge is -2.34. The van der Waals surface area contributed by atoms with Crippen molar-refractivity contribution in [2.45, 2.75) is 78.8 Å². The van der Waals surface area contributed by atoms with E-state index in [1.165, 1.54) is 6.42 Å². The van der Waals surface area contributed by atoms with Crippen LogP contribution in [0.2, 0.25) is 0 Å². The van der Waals surface area contributed by atoms with Gasteiger partial charge in [0.15, 0.2) is 0 Å². The van der Waals surface area contributed by atoms with E-state index < -0.39 is 5.92 Å². The van der Waals surface area contributed by atoms with Gasteiger partial charge in [0.2, 0.25) is 0 Å². The molecule has 0 aliphatic carbocycles. The lowest BCUT2D eigenvalue weighted by Crippen LogP contribution is -2.43. The summed E-state index contributed by atoms with van der Waals surface area (Å²) in [6, 6.07) is 1.20. The van der Waals surface area contributed by atoms with E-state index >= 15 is 0 Å². The highest BCUT2D eigenvalue weighted by atomic mass is 19.3. The van der Waals surface area contributed by atoms with Gasteiger partial charge in [0.05, 0.1) is 0 Å². The highest BCUT2D eigenvalue weighted by Gasteiger charge is 2.38. The van der Waals surface area contributed by atoms with Gasteiger partial charge in [0, 0.05) is 44.6 Å². The average molecular weight is 306 g/mol. The maximum absolute atomic E-state index is 13.1. The summed E-state index contributed by atoms with van der Waals surface area (Å²) in [5.41, 5.74) is 0. The van der Waals surface area contributed by atoms with Gasteiger partial charge in [0.25, 0.3) is 5.92 Å². The van der Waals surface area contributed by atoms with Crippen LogP contribution in [0.1, 0.15) is 60.8 Å². The summed E-state index contributed by atoms with van der Waals surface area (Å²) < 4.78 is 26.1. The Balaban J connectivity index is 0.000000921. The fourth-order valence-corrected chi connectivity index (χ4v) is 3.16. The average Bonchev–Trinajstić information content (AvgIpc) is 2.73. The second kappa shape index (κ2) is 9.73. The van der Waals surface area contributed by atoms with E-state index in [0.717, 1.165) is 6.54 Å².